The topological polar surface area (TPSA) is 94.1 Å². The van der Waals surface area contributed by atoms with Gasteiger partial charge in [0.05, 0.1) is 12.0 Å². The van der Waals surface area contributed by atoms with Crippen LogP contribution in [0.3, 0.4) is 0 Å². The summed E-state index contributed by atoms with van der Waals surface area (Å²) in [5.41, 5.74) is 2.93. The maximum atomic E-state index is 13.0. The lowest BCUT2D eigenvalue weighted by molar-refractivity contribution is -0.128. The molecule has 3 aromatic rings. The third-order valence-electron chi connectivity index (χ3n) is 6.68. The first-order chi connectivity index (χ1) is 18.0. The third kappa shape index (κ3) is 4.49. The van der Waals surface area contributed by atoms with E-state index in [9.17, 15) is 9.59 Å². The van der Waals surface area contributed by atoms with E-state index in [-0.39, 0.29) is 23.7 Å². The van der Waals surface area contributed by atoms with Crippen LogP contribution in [0.4, 0.5) is 0 Å². The lowest BCUT2D eigenvalue weighted by Gasteiger charge is -2.20. The highest BCUT2D eigenvalue weighted by atomic mass is 35.5. The van der Waals surface area contributed by atoms with Crippen molar-refractivity contribution >= 4 is 68.2 Å². The Bertz CT molecular complexity index is 1550. The SMILES string of the molecule is N=C1/C(=C\c2cn(Cc3ccccc3Cl)c3ccccc23)C(=O)N=C2SC(CC(=O)N3CCCC3)=NN12. The van der Waals surface area contributed by atoms with Gasteiger partial charge in [-0.3, -0.25) is 15.0 Å². The second-order valence-electron chi connectivity index (χ2n) is 9.10. The number of hydrogen-bond donors (Lipinski definition) is 1. The molecule has 2 aromatic carbocycles. The Morgan fingerprint density at radius 3 is 2.68 bits per heavy atom. The molecule has 0 atom stereocenters. The number of thioether (sulfide) groups is 1. The van der Waals surface area contributed by atoms with Crippen LogP contribution in [0.5, 0.6) is 0 Å². The van der Waals surface area contributed by atoms with E-state index < -0.39 is 5.91 Å². The number of aromatic nitrogens is 1. The van der Waals surface area contributed by atoms with E-state index in [0.717, 1.165) is 48.0 Å². The highest BCUT2D eigenvalue weighted by Crippen LogP contribution is 2.32. The molecule has 186 valence electrons. The van der Waals surface area contributed by atoms with E-state index in [2.05, 4.69) is 14.7 Å². The van der Waals surface area contributed by atoms with E-state index in [0.29, 0.717) is 21.8 Å². The molecule has 1 fully saturated rings. The summed E-state index contributed by atoms with van der Waals surface area (Å²) in [6.45, 7) is 2.11. The second-order valence-corrected chi connectivity index (χ2v) is 10.5. The molecule has 2 amide bonds. The van der Waals surface area contributed by atoms with E-state index in [1.807, 2.05) is 59.6 Å². The van der Waals surface area contributed by atoms with Gasteiger partial charge in [-0.25, -0.2) is 0 Å². The summed E-state index contributed by atoms with van der Waals surface area (Å²) in [6, 6.07) is 15.6. The average Bonchev–Trinajstić information content (AvgIpc) is 3.63. The molecule has 3 aliphatic rings. The molecule has 10 heteroatoms. The Kier molecular flexibility index (Phi) is 6.18. The molecule has 0 spiro atoms. The fraction of sp³-hybridized carbons (Fsp3) is 0.222. The summed E-state index contributed by atoms with van der Waals surface area (Å²) in [7, 11) is 0. The lowest BCUT2D eigenvalue weighted by Crippen LogP contribution is -2.35. The number of nitrogens with zero attached hydrogens (tertiary/aromatic N) is 5. The number of aliphatic imine (C=N–C) groups is 1. The predicted molar refractivity (Wildman–Crippen MR) is 148 cm³/mol. The Morgan fingerprint density at radius 2 is 1.86 bits per heavy atom. The molecular weight excluding hydrogens is 508 g/mol. The van der Waals surface area contributed by atoms with Crippen molar-refractivity contribution < 1.29 is 9.59 Å². The number of carbonyl (C=O) groups is 2. The fourth-order valence-corrected chi connectivity index (χ4v) is 5.87. The molecule has 37 heavy (non-hydrogen) atoms. The Morgan fingerprint density at radius 1 is 1.11 bits per heavy atom. The van der Waals surface area contributed by atoms with E-state index in [1.165, 1.54) is 16.8 Å². The molecule has 8 nitrogen and oxygen atoms in total. The molecule has 0 radical (unpaired) electrons. The molecule has 0 saturated carbocycles. The van der Waals surface area contributed by atoms with Crippen LogP contribution in [0.2, 0.25) is 5.02 Å². The van der Waals surface area contributed by atoms with E-state index in [1.54, 1.807) is 6.08 Å². The number of hydrogen-bond acceptors (Lipinski definition) is 5. The summed E-state index contributed by atoms with van der Waals surface area (Å²) >= 11 is 7.58. The number of rotatable bonds is 5. The van der Waals surface area contributed by atoms with Crippen LogP contribution < -0.4 is 0 Å². The summed E-state index contributed by atoms with van der Waals surface area (Å²) < 4.78 is 2.08. The van der Waals surface area contributed by atoms with Crippen LogP contribution in [-0.2, 0) is 16.1 Å². The molecule has 0 unspecified atom stereocenters. The third-order valence-corrected chi connectivity index (χ3v) is 7.95. The molecule has 0 bridgehead atoms. The number of hydrazone groups is 1. The fourth-order valence-electron chi connectivity index (χ4n) is 4.80. The van der Waals surface area contributed by atoms with Crippen molar-refractivity contribution in [2.75, 3.05) is 13.1 Å². The van der Waals surface area contributed by atoms with Gasteiger partial charge in [0.25, 0.3) is 5.91 Å². The van der Waals surface area contributed by atoms with Crippen LogP contribution in [0.15, 0.2) is 70.4 Å². The number of amidine groups is 2. The van der Waals surface area contributed by atoms with Gasteiger partial charge < -0.3 is 9.47 Å². The van der Waals surface area contributed by atoms with Crippen molar-refractivity contribution in [3.8, 4) is 0 Å². The monoisotopic (exact) mass is 530 g/mol. The molecule has 3 aliphatic heterocycles. The first kappa shape index (κ1) is 23.7. The van der Waals surface area contributed by atoms with Crippen LogP contribution in [0.25, 0.3) is 17.0 Å². The summed E-state index contributed by atoms with van der Waals surface area (Å²) in [5.74, 6) is -0.521. The van der Waals surface area contributed by atoms with Crippen LogP contribution >= 0.6 is 23.4 Å². The summed E-state index contributed by atoms with van der Waals surface area (Å²) in [4.78, 5) is 31.6. The quantitative estimate of drug-likeness (QED) is 0.471. The second kappa shape index (κ2) is 9.64. The minimum Gasteiger partial charge on any atom is -0.342 e. The van der Waals surface area contributed by atoms with Crippen molar-refractivity contribution in [3.05, 3.63) is 76.5 Å². The Balaban J connectivity index is 1.30. The highest BCUT2D eigenvalue weighted by molar-refractivity contribution is 8.27. The van der Waals surface area contributed by atoms with Crippen LogP contribution in [-0.4, -0.2) is 55.4 Å². The number of nitrogens with one attached hydrogen (secondary N) is 1. The van der Waals surface area contributed by atoms with Crippen molar-refractivity contribution in [1.82, 2.24) is 14.5 Å². The van der Waals surface area contributed by atoms with E-state index in [4.69, 9.17) is 17.0 Å². The molecule has 1 saturated heterocycles. The number of fused-ring (bicyclic) bond motifs is 2. The predicted octanol–water partition coefficient (Wildman–Crippen LogP) is 4.97. The van der Waals surface area contributed by atoms with Gasteiger partial charge in [0, 0.05) is 47.3 Å². The van der Waals surface area contributed by atoms with Crippen LogP contribution in [0, 0.1) is 5.41 Å². The van der Waals surface area contributed by atoms with Crippen LogP contribution in [0.1, 0.15) is 30.4 Å². The number of halogens is 1. The van der Waals surface area contributed by atoms with Crippen molar-refractivity contribution in [3.63, 3.8) is 0 Å². The lowest BCUT2D eigenvalue weighted by atomic mass is 10.1. The normalized spacial score (nSPS) is 18.6. The number of likely N-dealkylation sites (tertiary alicyclic amines) is 1. The zero-order valence-corrected chi connectivity index (χ0v) is 21.4. The number of carbonyl (C=O) groups excluding carboxylic acids is 2. The standard InChI is InChI=1S/C27H23ClN6O2S/c28-21-9-3-1-7-17(21)15-33-16-18(19-8-2-4-10-22(19)33)13-20-25(29)34-27(30-26(20)36)37-23(31-34)14-24(35)32-11-5-6-12-32/h1-4,7-10,13,16,29H,5-6,11-12,14-15H2/b20-13+,29-25?. The first-order valence-electron chi connectivity index (χ1n) is 12.1. The van der Waals surface area contributed by atoms with Gasteiger partial charge in [0.1, 0.15) is 5.04 Å². The van der Waals surface area contributed by atoms with Gasteiger partial charge in [-0.2, -0.15) is 15.1 Å². The van der Waals surface area contributed by atoms with Gasteiger partial charge >= 0.3 is 0 Å². The largest absolute Gasteiger partial charge is 0.342 e. The Hall–Kier alpha value is -3.69. The summed E-state index contributed by atoms with van der Waals surface area (Å²) in [5, 5.41) is 17.1. The van der Waals surface area contributed by atoms with Gasteiger partial charge in [0.15, 0.2) is 5.84 Å². The molecule has 4 heterocycles. The molecule has 0 aliphatic carbocycles. The Labute approximate surface area is 222 Å². The van der Waals surface area contributed by atoms with E-state index >= 15 is 0 Å². The zero-order valence-electron chi connectivity index (χ0n) is 19.9. The summed E-state index contributed by atoms with van der Waals surface area (Å²) in [6.07, 6.45) is 5.85. The van der Waals surface area contributed by atoms with Gasteiger partial charge in [-0.05, 0) is 48.4 Å². The number of benzene rings is 2. The van der Waals surface area contributed by atoms with Gasteiger partial charge in [-0.15, -0.1) is 0 Å². The minimum atomic E-state index is -0.492. The van der Waals surface area contributed by atoms with Crippen molar-refractivity contribution in [2.45, 2.75) is 25.8 Å². The average molecular weight is 531 g/mol. The smallest absolute Gasteiger partial charge is 0.283 e. The maximum absolute atomic E-state index is 13.0. The minimum absolute atomic E-state index is 0.0177. The first-order valence-corrected chi connectivity index (χ1v) is 13.3. The van der Waals surface area contributed by atoms with Crippen molar-refractivity contribution in [2.24, 2.45) is 10.1 Å². The molecular formula is C27H23ClN6O2S. The zero-order chi connectivity index (χ0) is 25.5. The molecule has 6 rings (SSSR count). The number of para-hydroxylation sites is 1. The number of amides is 2. The maximum Gasteiger partial charge on any atom is 0.283 e. The van der Waals surface area contributed by atoms with Crippen molar-refractivity contribution in [1.29, 1.82) is 5.41 Å². The van der Waals surface area contributed by atoms with Gasteiger partial charge in [0.2, 0.25) is 11.1 Å². The molecule has 1 aromatic heterocycles. The van der Waals surface area contributed by atoms with Gasteiger partial charge in [-0.1, -0.05) is 48.0 Å². The molecule has 1 N–H and O–H groups in total. The highest BCUT2D eigenvalue weighted by Gasteiger charge is 2.36.